The summed E-state index contributed by atoms with van der Waals surface area (Å²) in [6, 6.07) is 12.3. The summed E-state index contributed by atoms with van der Waals surface area (Å²) in [4.78, 5) is 12.0. The maximum absolute atomic E-state index is 12.0. The number of aryl methyl sites for hydroxylation is 1. The van der Waals surface area contributed by atoms with E-state index in [0.29, 0.717) is 23.6 Å². The number of hydrogen-bond acceptors (Lipinski definition) is 2. The molecular formula is C16H16ClNO2. The third-order valence-corrected chi connectivity index (χ3v) is 3.32. The van der Waals surface area contributed by atoms with Crippen molar-refractivity contribution in [2.24, 2.45) is 0 Å². The summed E-state index contributed by atoms with van der Waals surface area (Å²) in [6.45, 7) is 2.45. The van der Waals surface area contributed by atoms with Crippen LogP contribution in [-0.2, 0) is 6.42 Å². The Balaban J connectivity index is 1.90. The van der Waals surface area contributed by atoms with E-state index in [-0.39, 0.29) is 11.7 Å². The van der Waals surface area contributed by atoms with E-state index in [2.05, 4.69) is 5.32 Å². The van der Waals surface area contributed by atoms with Crippen LogP contribution in [0.1, 0.15) is 21.5 Å². The highest BCUT2D eigenvalue weighted by atomic mass is 35.5. The standard InChI is InChI=1S/C16H16ClNO2/c1-11-2-7-14(15(17)10-11)16(20)18-9-8-12-3-5-13(19)6-4-12/h2-7,10,19H,8-9H2,1H3,(H,18,20). The lowest BCUT2D eigenvalue weighted by atomic mass is 10.1. The fraction of sp³-hybridized carbons (Fsp3) is 0.188. The summed E-state index contributed by atoms with van der Waals surface area (Å²) in [6.07, 6.45) is 0.704. The summed E-state index contributed by atoms with van der Waals surface area (Å²) in [7, 11) is 0. The molecule has 1 amide bonds. The molecule has 0 aliphatic carbocycles. The normalized spacial score (nSPS) is 10.3. The van der Waals surface area contributed by atoms with Gasteiger partial charge in [-0.2, -0.15) is 0 Å². The lowest BCUT2D eigenvalue weighted by Gasteiger charge is -2.07. The number of hydrogen-bond donors (Lipinski definition) is 2. The van der Waals surface area contributed by atoms with Crippen molar-refractivity contribution in [1.82, 2.24) is 5.32 Å². The first kappa shape index (κ1) is 14.4. The summed E-state index contributed by atoms with van der Waals surface area (Å²) in [5.74, 6) is 0.0676. The van der Waals surface area contributed by atoms with Gasteiger partial charge in [0.15, 0.2) is 0 Å². The van der Waals surface area contributed by atoms with Crippen LogP contribution in [0.15, 0.2) is 42.5 Å². The Morgan fingerprint density at radius 3 is 2.55 bits per heavy atom. The van der Waals surface area contributed by atoms with Crippen LogP contribution in [-0.4, -0.2) is 17.6 Å². The smallest absolute Gasteiger partial charge is 0.252 e. The topological polar surface area (TPSA) is 49.3 Å². The zero-order valence-electron chi connectivity index (χ0n) is 11.2. The van der Waals surface area contributed by atoms with Gasteiger partial charge in [-0.1, -0.05) is 29.8 Å². The summed E-state index contributed by atoms with van der Waals surface area (Å²) >= 11 is 6.05. The predicted octanol–water partition coefficient (Wildman–Crippen LogP) is 3.33. The first-order chi connectivity index (χ1) is 9.56. The van der Waals surface area contributed by atoms with E-state index in [1.165, 1.54) is 0 Å². The molecule has 0 saturated carbocycles. The van der Waals surface area contributed by atoms with Gasteiger partial charge < -0.3 is 10.4 Å². The summed E-state index contributed by atoms with van der Waals surface area (Å²) in [5.41, 5.74) is 2.57. The molecule has 4 heteroatoms. The first-order valence-electron chi connectivity index (χ1n) is 6.38. The van der Waals surface area contributed by atoms with Crippen LogP contribution in [0.2, 0.25) is 5.02 Å². The molecule has 0 unspecified atom stereocenters. The fourth-order valence-electron chi connectivity index (χ4n) is 1.88. The summed E-state index contributed by atoms with van der Waals surface area (Å²) in [5, 5.41) is 12.5. The molecule has 0 fully saturated rings. The van der Waals surface area contributed by atoms with Crippen LogP contribution in [0.5, 0.6) is 5.75 Å². The molecule has 0 heterocycles. The maximum atomic E-state index is 12.0. The molecule has 0 radical (unpaired) electrons. The molecule has 0 aliphatic rings. The van der Waals surface area contributed by atoms with E-state index in [4.69, 9.17) is 11.6 Å². The number of phenolic OH excluding ortho intramolecular Hbond substituents is 1. The number of carbonyl (C=O) groups excluding carboxylic acids is 1. The van der Waals surface area contributed by atoms with Crippen molar-refractivity contribution in [3.8, 4) is 5.75 Å². The van der Waals surface area contributed by atoms with Gasteiger partial charge in [0, 0.05) is 6.54 Å². The zero-order chi connectivity index (χ0) is 14.5. The number of benzene rings is 2. The number of nitrogens with one attached hydrogen (secondary N) is 1. The Morgan fingerprint density at radius 1 is 1.20 bits per heavy atom. The lowest BCUT2D eigenvalue weighted by Crippen LogP contribution is -2.25. The molecule has 2 rings (SSSR count). The molecule has 3 nitrogen and oxygen atoms in total. The number of carbonyl (C=O) groups is 1. The van der Waals surface area contributed by atoms with Gasteiger partial charge in [-0.25, -0.2) is 0 Å². The van der Waals surface area contributed by atoms with Crippen LogP contribution in [0.3, 0.4) is 0 Å². The van der Waals surface area contributed by atoms with Crippen LogP contribution in [0.4, 0.5) is 0 Å². The average Bonchev–Trinajstić information content (AvgIpc) is 2.41. The van der Waals surface area contributed by atoms with E-state index in [9.17, 15) is 9.90 Å². The lowest BCUT2D eigenvalue weighted by molar-refractivity contribution is 0.0954. The van der Waals surface area contributed by atoms with E-state index >= 15 is 0 Å². The summed E-state index contributed by atoms with van der Waals surface area (Å²) < 4.78 is 0. The van der Waals surface area contributed by atoms with Crippen molar-refractivity contribution in [2.75, 3.05) is 6.54 Å². The van der Waals surface area contributed by atoms with Crippen LogP contribution >= 0.6 is 11.6 Å². The molecular weight excluding hydrogens is 274 g/mol. The molecule has 20 heavy (non-hydrogen) atoms. The largest absolute Gasteiger partial charge is 0.508 e. The molecule has 0 saturated heterocycles. The molecule has 0 bridgehead atoms. The highest BCUT2D eigenvalue weighted by Gasteiger charge is 2.09. The molecule has 104 valence electrons. The number of amides is 1. The average molecular weight is 290 g/mol. The second-order valence-corrected chi connectivity index (χ2v) is 5.06. The third-order valence-electron chi connectivity index (χ3n) is 3.00. The van der Waals surface area contributed by atoms with Crippen molar-refractivity contribution in [3.05, 3.63) is 64.2 Å². The van der Waals surface area contributed by atoms with E-state index in [1.807, 2.05) is 25.1 Å². The van der Waals surface area contributed by atoms with Gasteiger partial charge in [0.2, 0.25) is 0 Å². The van der Waals surface area contributed by atoms with Crippen molar-refractivity contribution in [3.63, 3.8) is 0 Å². The van der Waals surface area contributed by atoms with Gasteiger partial charge in [0.05, 0.1) is 10.6 Å². The minimum Gasteiger partial charge on any atom is -0.508 e. The van der Waals surface area contributed by atoms with Gasteiger partial charge in [0.1, 0.15) is 5.75 Å². The minimum atomic E-state index is -0.172. The van der Waals surface area contributed by atoms with Crippen molar-refractivity contribution in [2.45, 2.75) is 13.3 Å². The Hall–Kier alpha value is -2.00. The Kier molecular flexibility index (Phi) is 4.64. The zero-order valence-corrected chi connectivity index (χ0v) is 11.9. The van der Waals surface area contributed by atoms with Crippen molar-refractivity contribution >= 4 is 17.5 Å². The number of phenols is 1. The van der Waals surface area contributed by atoms with E-state index in [1.54, 1.807) is 24.3 Å². The Morgan fingerprint density at radius 2 is 1.90 bits per heavy atom. The van der Waals surface area contributed by atoms with Gasteiger partial charge in [-0.05, 0) is 48.7 Å². The minimum absolute atomic E-state index is 0.172. The fourth-order valence-corrected chi connectivity index (χ4v) is 2.20. The Bertz CT molecular complexity index is 608. The van der Waals surface area contributed by atoms with Crippen LogP contribution in [0, 0.1) is 6.92 Å². The quantitative estimate of drug-likeness (QED) is 0.907. The van der Waals surface area contributed by atoms with E-state index < -0.39 is 0 Å². The third kappa shape index (κ3) is 3.75. The highest BCUT2D eigenvalue weighted by molar-refractivity contribution is 6.33. The van der Waals surface area contributed by atoms with Crippen LogP contribution < -0.4 is 5.32 Å². The monoisotopic (exact) mass is 289 g/mol. The van der Waals surface area contributed by atoms with Gasteiger partial charge in [-0.3, -0.25) is 4.79 Å². The van der Waals surface area contributed by atoms with E-state index in [0.717, 1.165) is 11.1 Å². The SMILES string of the molecule is Cc1ccc(C(=O)NCCc2ccc(O)cc2)c(Cl)c1. The Labute approximate surface area is 123 Å². The van der Waals surface area contributed by atoms with Crippen molar-refractivity contribution in [1.29, 1.82) is 0 Å². The predicted molar refractivity (Wildman–Crippen MR) is 80.3 cm³/mol. The molecule has 0 aromatic heterocycles. The molecule has 2 aromatic carbocycles. The number of rotatable bonds is 4. The first-order valence-corrected chi connectivity index (χ1v) is 6.76. The number of halogens is 1. The maximum Gasteiger partial charge on any atom is 0.252 e. The molecule has 2 N–H and O–H groups in total. The number of aromatic hydroxyl groups is 1. The van der Waals surface area contributed by atoms with Gasteiger partial charge in [-0.15, -0.1) is 0 Å². The van der Waals surface area contributed by atoms with Crippen LogP contribution in [0.25, 0.3) is 0 Å². The second-order valence-electron chi connectivity index (χ2n) is 4.66. The van der Waals surface area contributed by atoms with Crippen molar-refractivity contribution < 1.29 is 9.90 Å². The van der Waals surface area contributed by atoms with Gasteiger partial charge in [0.25, 0.3) is 5.91 Å². The molecule has 0 aliphatic heterocycles. The van der Waals surface area contributed by atoms with Gasteiger partial charge >= 0.3 is 0 Å². The second kappa shape index (κ2) is 6.44. The molecule has 0 atom stereocenters. The molecule has 2 aromatic rings. The highest BCUT2D eigenvalue weighted by Crippen LogP contribution is 2.17. The molecule has 0 spiro atoms.